The van der Waals surface area contributed by atoms with Gasteiger partial charge in [-0.15, -0.1) is 11.3 Å². The molecule has 1 atom stereocenters. The van der Waals surface area contributed by atoms with E-state index in [0.29, 0.717) is 12.5 Å². The van der Waals surface area contributed by atoms with Gasteiger partial charge in [-0.05, 0) is 18.9 Å². The third-order valence-corrected chi connectivity index (χ3v) is 4.41. The quantitative estimate of drug-likeness (QED) is 0.852. The minimum absolute atomic E-state index is 0.160. The van der Waals surface area contributed by atoms with Crippen molar-refractivity contribution in [2.45, 2.75) is 26.8 Å². The molecule has 0 saturated carbocycles. The van der Waals surface area contributed by atoms with Crippen LogP contribution >= 0.6 is 11.3 Å². The fraction of sp³-hybridized carbons (Fsp3) is 0.667. The normalized spacial score (nSPS) is 24.2. The summed E-state index contributed by atoms with van der Waals surface area (Å²) in [6.07, 6.45) is 2.69. The van der Waals surface area contributed by atoms with E-state index in [0.717, 1.165) is 24.5 Å². The summed E-state index contributed by atoms with van der Waals surface area (Å²) in [5.41, 5.74) is -0.239. The Hall–Kier alpha value is -0.940. The van der Waals surface area contributed by atoms with Crippen LogP contribution in [0.1, 0.15) is 25.3 Å². The molecule has 1 unspecified atom stereocenters. The fourth-order valence-corrected chi connectivity index (χ4v) is 2.89. The van der Waals surface area contributed by atoms with Gasteiger partial charge < -0.3 is 10.6 Å². The first-order valence-corrected chi connectivity index (χ1v) is 6.90. The molecule has 4 nitrogen and oxygen atoms in total. The molecule has 1 aromatic rings. The summed E-state index contributed by atoms with van der Waals surface area (Å²) < 4.78 is 0. The maximum atomic E-state index is 12.3. The van der Waals surface area contributed by atoms with Gasteiger partial charge >= 0.3 is 0 Å². The van der Waals surface area contributed by atoms with Crippen molar-refractivity contribution in [2.75, 3.05) is 13.1 Å². The number of hydrogen-bond donors (Lipinski definition) is 2. The van der Waals surface area contributed by atoms with Crippen LogP contribution in [0.25, 0.3) is 0 Å². The summed E-state index contributed by atoms with van der Waals surface area (Å²) in [6.45, 7) is 6.51. The standard InChI is InChI=1S/C12H19N3OS/c1-9(2)12(3-4-13-8-12)11(16)15-7-10-14-5-6-17-10/h5-6,9,13H,3-4,7-8H2,1-2H3,(H,15,16). The Morgan fingerprint density at radius 3 is 3.06 bits per heavy atom. The summed E-state index contributed by atoms with van der Waals surface area (Å²) in [4.78, 5) is 16.5. The van der Waals surface area contributed by atoms with Gasteiger partial charge in [-0.1, -0.05) is 13.8 Å². The van der Waals surface area contributed by atoms with E-state index in [-0.39, 0.29) is 11.3 Å². The van der Waals surface area contributed by atoms with E-state index >= 15 is 0 Å². The minimum atomic E-state index is -0.239. The van der Waals surface area contributed by atoms with Gasteiger partial charge in [0, 0.05) is 18.1 Å². The van der Waals surface area contributed by atoms with Gasteiger partial charge in [0.05, 0.1) is 12.0 Å². The molecule has 17 heavy (non-hydrogen) atoms. The Morgan fingerprint density at radius 2 is 2.53 bits per heavy atom. The van der Waals surface area contributed by atoms with Crippen LogP contribution in [0, 0.1) is 11.3 Å². The van der Waals surface area contributed by atoms with Crippen molar-refractivity contribution >= 4 is 17.2 Å². The van der Waals surface area contributed by atoms with Crippen LogP contribution in [0.2, 0.25) is 0 Å². The zero-order chi connectivity index (χ0) is 12.3. The van der Waals surface area contributed by atoms with Crippen molar-refractivity contribution in [3.05, 3.63) is 16.6 Å². The summed E-state index contributed by atoms with van der Waals surface area (Å²) in [6, 6.07) is 0. The molecule has 0 spiro atoms. The second-order valence-corrected chi connectivity index (χ2v) is 5.83. The van der Waals surface area contributed by atoms with Crippen molar-refractivity contribution in [2.24, 2.45) is 11.3 Å². The van der Waals surface area contributed by atoms with E-state index in [9.17, 15) is 4.79 Å². The van der Waals surface area contributed by atoms with E-state index in [1.165, 1.54) is 0 Å². The highest BCUT2D eigenvalue weighted by Crippen LogP contribution is 2.34. The predicted molar refractivity (Wildman–Crippen MR) is 68.7 cm³/mol. The van der Waals surface area contributed by atoms with Crippen LogP contribution in [0.15, 0.2) is 11.6 Å². The largest absolute Gasteiger partial charge is 0.349 e. The number of nitrogens with zero attached hydrogens (tertiary/aromatic N) is 1. The molecule has 0 bridgehead atoms. The molecule has 2 heterocycles. The molecule has 1 amide bonds. The van der Waals surface area contributed by atoms with Gasteiger partial charge in [0.25, 0.3) is 0 Å². The number of rotatable bonds is 4. The van der Waals surface area contributed by atoms with Crippen molar-refractivity contribution in [3.63, 3.8) is 0 Å². The second kappa shape index (κ2) is 5.14. The molecule has 1 aliphatic rings. The molecule has 0 radical (unpaired) electrons. The Labute approximate surface area is 106 Å². The highest BCUT2D eigenvalue weighted by atomic mass is 32.1. The molecule has 5 heteroatoms. The van der Waals surface area contributed by atoms with Gasteiger partial charge in [0.1, 0.15) is 5.01 Å². The monoisotopic (exact) mass is 253 g/mol. The maximum Gasteiger partial charge on any atom is 0.228 e. The van der Waals surface area contributed by atoms with Crippen molar-refractivity contribution < 1.29 is 4.79 Å². The lowest BCUT2D eigenvalue weighted by Gasteiger charge is -2.30. The average molecular weight is 253 g/mol. The van der Waals surface area contributed by atoms with Crippen molar-refractivity contribution in [1.82, 2.24) is 15.6 Å². The Morgan fingerprint density at radius 1 is 1.71 bits per heavy atom. The third-order valence-electron chi connectivity index (χ3n) is 3.63. The molecular weight excluding hydrogens is 234 g/mol. The lowest BCUT2D eigenvalue weighted by molar-refractivity contribution is -0.132. The zero-order valence-electron chi connectivity index (χ0n) is 10.3. The van der Waals surface area contributed by atoms with Crippen molar-refractivity contribution in [1.29, 1.82) is 0 Å². The summed E-state index contributed by atoms with van der Waals surface area (Å²) in [5, 5.41) is 9.20. The molecule has 2 N–H and O–H groups in total. The first-order valence-electron chi connectivity index (χ1n) is 6.02. The van der Waals surface area contributed by atoms with E-state index in [2.05, 4.69) is 29.5 Å². The zero-order valence-corrected chi connectivity index (χ0v) is 11.1. The minimum Gasteiger partial charge on any atom is -0.349 e. The first kappa shape index (κ1) is 12.5. The number of hydrogen-bond acceptors (Lipinski definition) is 4. The van der Waals surface area contributed by atoms with Gasteiger partial charge in [0.2, 0.25) is 5.91 Å². The number of carbonyl (C=O) groups excluding carboxylic acids is 1. The Bertz CT molecular complexity index is 369. The topological polar surface area (TPSA) is 54.0 Å². The van der Waals surface area contributed by atoms with E-state index in [1.807, 2.05) is 5.38 Å². The molecule has 0 aliphatic carbocycles. The lowest BCUT2D eigenvalue weighted by Crippen LogP contribution is -2.45. The smallest absolute Gasteiger partial charge is 0.228 e. The number of nitrogens with one attached hydrogen (secondary N) is 2. The summed E-state index contributed by atoms with van der Waals surface area (Å²) in [5.74, 6) is 0.515. The average Bonchev–Trinajstić information content (AvgIpc) is 2.97. The van der Waals surface area contributed by atoms with Crippen molar-refractivity contribution in [3.8, 4) is 0 Å². The van der Waals surface area contributed by atoms with Crippen LogP contribution in [-0.2, 0) is 11.3 Å². The highest BCUT2D eigenvalue weighted by Gasteiger charge is 2.43. The van der Waals surface area contributed by atoms with Gasteiger partial charge in [0.15, 0.2) is 0 Å². The molecule has 0 aromatic carbocycles. The number of thiazole rings is 1. The third kappa shape index (κ3) is 2.50. The molecule has 1 aromatic heterocycles. The Kier molecular flexibility index (Phi) is 3.79. The van der Waals surface area contributed by atoms with Gasteiger partial charge in [-0.3, -0.25) is 4.79 Å². The van der Waals surface area contributed by atoms with Crippen LogP contribution < -0.4 is 10.6 Å². The fourth-order valence-electron chi connectivity index (χ4n) is 2.33. The first-order chi connectivity index (χ1) is 8.15. The summed E-state index contributed by atoms with van der Waals surface area (Å²) in [7, 11) is 0. The number of aromatic nitrogens is 1. The van der Waals surface area contributed by atoms with Crippen LogP contribution in [0.4, 0.5) is 0 Å². The number of amides is 1. The molecule has 1 aliphatic heterocycles. The highest BCUT2D eigenvalue weighted by molar-refractivity contribution is 7.09. The lowest BCUT2D eigenvalue weighted by atomic mass is 9.75. The molecular formula is C12H19N3OS. The van der Waals surface area contributed by atoms with Gasteiger partial charge in [-0.25, -0.2) is 4.98 Å². The Balaban J connectivity index is 1.98. The molecule has 2 rings (SSSR count). The van der Waals surface area contributed by atoms with Crippen LogP contribution in [-0.4, -0.2) is 24.0 Å². The molecule has 94 valence electrons. The van der Waals surface area contributed by atoms with Crippen LogP contribution in [0.5, 0.6) is 0 Å². The SMILES string of the molecule is CC(C)C1(C(=O)NCc2nccs2)CCNC1. The van der Waals surface area contributed by atoms with E-state index in [4.69, 9.17) is 0 Å². The second-order valence-electron chi connectivity index (χ2n) is 4.85. The van der Waals surface area contributed by atoms with E-state index < -0.39 is 0 Å². The molecule has 1 fully saturated rings. The summed E-state index contributed by atoms with van der Waals surface area (Å²) >= 11 is 1.57. The van der Waals surface area contributed by atoms with E-state index in [1.54, 1.807) is 17.5 Å². The predicted octanol–water partition coefficient (Wildman–Crippen LogP) is 1.39. The van der Waals surface area contributed by atoms with Gasteiger partial charge in [-0.2, -0.15) is 0 Å². The van der Waals surface area contributed by atoms with Crippen LogP contribution in [0.3, 0.4) is 0 Å². The molecule has 1 saturated heterocycles. The number of carbonyl (C=O) groups is 1. The maximum absolute atomic E-state index is 12.3.